The van der Waals surface area contributed by atoms with E-state index in [2.05, 4.69) is 0 Å². The number of aliphatic hydroxyl groups excluding tert-OH is 1. The molecule has 1 heterocycles. The van der Waals surface area contributed by atoms with Gasteiger partial charge in [-0.15, -0.1) is 0 Å². The van der Waals surface area contributed by atoms with Gasteiger partial charge in [0, 0.05) is 5.75 Å². The van der Waals surface area contributed by atoms with Crippen molar-refractivity contribution in [1.29, 1.82) is 0 Å². The van der Waals surface area contributed by atoms with Crippen molar-refractivity contribution >= 4 is 28.6 Å². The molecule has 0 saturated heterocycles. The maximum Gasteiger partial charge on any atom is 0.337 e. The van der Waals surface area contributed by atoms with E-state index in [4.69, 9.17) is 9.72 Å². The molecule has 0 spiro atoms. The monoisotopic (exact) mass is 438 g/mol. The number of aromatic nitrogens is 2. The highest BCUT2D eigenvalue weighted by Crippen LogP contribution is 2.30. The zero-order valence-electron chi connectivity index (χ0n) is 17.5. The van der Waals surface area contributed by atoms with Crippen molar-refractivity contribution in [3.63, 3.8) is 0 Å². The first-order chi connectivity index (χ1) is 15.1. The lowest BCUT2D eigenvalue weighted by Crippen LogP contribution is -2.23. The Morgan fingerprint density at radius 2 is 1.97 bits per heavy atom. The molecular weight excluding hydrogens is 412 g/mol. The summed E-state index contributed by atoms with van der Waals surface area (Å²) < 4.78 is 6.37. The van der Waals surface area contributed by atoms with Gasteiger partial charge in [0.05, 0.1) is 35.4 Å². The number of rotatable bonds is 7. The molecule has 1 atom stereocenters. The van der Waals surface area contributed by atoms with Crippen LogP contribution in [0.1, 0.15) is 42.5 Å². The summed E-state index contributed by atoms with van der Waals surface area (Å²) in [6.07, 6.45) is 5.18. The number of aliphatic hydroxyl groups is 1. The molecule has 0 bridgehead atoms. The molecule has 162 valence electrons. The minimum absolute atomic E-state index is 0.208. The number of carbonyl (C=O) groups is 1. The molecule has 2 aromatic carbocycles. The third-order valence-corrected chi connectivity index (χ3v) is 6.84. The molecule has 6 nitrogen and oxygen atoms in total. The van der Waals surface area contributed by atoms with E-state index in [1.54, 1.807) is 22.8 Å². The van der Waals surface area contributed by atoms with Crippen LogP contribution in [-0.4, -0.2) is 39.6 Å². The molecule has 3 aromatic rings. The number of nitrogens with zero attached hydrogens (tertiary/aromatic N) is 2. The minimum Gasteiger partial charge on any atom is -0.465 e. The summed E-state index contributed by atoms with van der Waals surface area (Å²) in [6, 6.07) is 14.1. The van der Waals surface area contributed by atoms with Crippen molar-refractivity contribution in [3.8, 4) is 5.69 Å². The van der Waals surface area contributed by atoms with E-state index in [1.807, 2.05) is 30.3 Å². The van der Waals surface area contributed by atoms with Gasteiger partial charge in [-0.2, -0.15) is 0 Å². The summed E-state index contributed by atoms with van der Waals surface area (Å²) in [6.45, 7) is 0. The first-order valence-corrected chi connectivity index (χ1v) is 11.6. The number of ether oxygens (including phenoxy) is 1. The van der Waals surface area contributed by atoms with Gasteiger partial charge in [0.15, 0.2) is 5.16 Å². The van der Waals surface area contributed by atoms with Crippen LogP contribution in [0, 0.1) is 5.92 Å². The van der Waals surface area contributed by atoms with Crippen molar-refractivity contribution in [3.05, 3.63) is 64.4 Å². The quantitative estimate of drug-likeness (QED) is 0.338. The lowest BCUT2D eigenvalue weighted by atomic mass is 10.0. The molecule has 0 aliphatic heterocycles. The fraction of sp³-hybridized carbons (Fsp3) is 0.375. The molecule has 0 radical (unpaired) electrons. The molecule has 1 N–H and O–H groups in total. The maximum absolute atomic E-state index is 13.4. The number of hydrogen-bond acceptors (Lipinski definition) is 6. The molecule has 1 saturated carbocycles. The number of thioether (sulfide) groups is 1. The Hall–Kier alpha value is -2.64. The average molecular weight is 439 g/mol. The summed E-state index contributed by atoms with van der Waals surface area (Å²) in [5.41, 5.74) is 1.29. The Bertz CT molecular complexity index is 1120. The van der Waals surface area contributed by atoms with Gasteiger partial charge in [-0.3, -0.25) is 9.36 Å². The molecule has 1 aliphatic carbocycles. The van der Waals surface area contributed by atoms with Gasteiger partial charge in [-0.1, -0.05) is 55.6 Å². The van der Waals surface area contributed by atoms with Crippen molar-refractivity contribution in [1.82, 2.24) is 9.55 Å². The summed E-state index contributed by atoms with van der Waals surface area (Å²) in [5.74, 6) is 0.564. The molecular formula is C24H26N2O4S. The fourth-order valence-electron chi connectivity index (χ4n) is 4.18. The minimum atomic E-state index is -0.475. The van der Waals surface area contributed by atoms with Gasteiger partial charge in [0.25, 0.3) is 5.56 Å². The van der Waals surface area contributed by atoms with Gasteiger partial charge < -0.3 is 9.84 Å². The van der Waals surface area contributed by atoms with Gasteiger partial charge in [0.2, 0.25) is 0 Å². The number of esters is 1. The second-order valence-corrected chi connectivity index (χ2v) is 8.93. The number of benzene rings is 2. The highest BCUT2D eigenvalue weighted by molar-refractivity contribution is 7.99. The Morgan fingerprint density at radius 3 is 2.68 bits per heavy atom. The lowest BCUT2D eigenvalue weighted by molar-refractivity contribution is 0.0601. The first kappa shape index (κ1) is 21.6. The van der Waals surface area contributed by atoms with Crippen molar-refractivity contribution < 1.29 is 14.6 Å². The standard InChI is InChI=1S/C24H26N2O4S/c1-30-23(29)17-11-12-20-21(14-17)25-24(26(22(20)28)18-9-3-2-4-10-18)31-15-19(27)13-16-7-5-6-8-16/h2-4,9-12,14,16,19,27H,5-8,13,15H2,1H3. The zero-order valence-corrected chi connectivity index (χ0v) is 18.3. The highest BCUT2D eigenvalue weighted by Gasteiger charge is 2.21. The van der Waals surface area contributed by atoms with Crippen molar-refractivity contribution in [2.75, 3.05) is 12.9 Å². The van der Waals surface area contributed by atoms with E-state index in [1.165, 1.54) is 44.6 Å². The zero-order chi connectivity index (χ0) is 21.8. The predicted octanol–water partition coefficient (Wildman–Crippen LogP) is 4.21. The molecule has 1 aliphatic rings. The largest absolute Gasteiger partial charge is 0.465 e. The fourth-order valence-corrected chi connectivity index (χ4v) is 5.14. The molecule has 1 unspecified atom stereocenters. The maximum atomic E-state index is 13.4. The summed E-state index contributed by atoms with van der Waals surface area (Å²) in [4.78, 5) is 30.0. The van der Waals surface area contributed by atoms with Crippen LogP contribution >= 0.6 is 11.8 Å². The third-order valence-electron chi connectivity index (χ3n) is 5.76. The van der Waals surface area contributed by atoms with Crippen LogP contribution in [0.25, 0.3) is 16.6 Å². The predicted molar refractivity (Wildman–Crippen MR) is 122 cm³/mol. The van der Waals surface area contributed by atoms with Crippen molar-refractivity contribution in [2.45, 2.75) is 43.4 Å². The van der Waals surface area contributed by atoms with Gasteiger partial charge >= 0.3 is 5.97 Å². The smallest absolute Gasteiger partial charge is 0.337 e. The SMILES string of the molecule is COC(=O)c1ccc2c(=O)n(-c3ccccc3)c(SCC(O)CC3CCCC3)nc2c1. The van der Waals surface area contributed by atoms with Gasteiger partial charge in [0.1, 0.15) is 0 Å². The first-order valence-electron chi connectivity index (χ1n) is 10.6. The summed E-state index contributed by atoms with van der Waals surface area (Å²) in [5, 5.41) is 11.5. The number of fused-ring (bicyclic) bond motifs is 1. The molecule has 0 amide bonds. The van der Waals surface area contributed by atoms with E-state index >= 15 is 0 Å². The van der Waals surface area contributed by atoms with Gasteiger partial charge in [-0.25, -0.2) is 9.78 Å². The number of para-hydroxylation sites is 1. The van der Waals surface area contributed by atoms with E-state index in [-0.39, 0.29) is 5.56 Å². The Labute approximate surface area is 185 Å². The van der Waals surface area contributed by atoms with E-state index in [0.717, 1.165) is 6.42 Å². The van der Waals surface area contributed by atoms with Crippen LogP contribution in [0.4, 0.5) is 0 Å². The lowest BCUT2D eigenvalue weighted by Gasteiger charge is -2.17. The number of methoxy groups -OCH3 is 1. The second kappa shape index (κ2) is 9.66. The number of hydrogen-bond donors (Lipinski definition) is 1. The topological polar surface area (TPSA) is 81.4 Å². The molecule has 7 heteroatoms. The Morgan fingerprint density at radius 1 is 1.23 bits per heavy atom. The van der Waals surface area contributed by atoms with E-state index < -0.39 is 12.1 Å². The third kappa shape index (κ3) is 4.83. The molecule has 1 aromatic heterocycles. The Kier molecular flexibility index (Phi) is 6.73. The highest BCUT2D eigenvalue weighted by atomic mass is 32.2. The van der Waals surface area contributed by atoms with E-state index in [9.17, 15) is 14.7 Å². The van der Waals surface area contributed by atoms with Crippen LogP contribution in [0.5, 0.6) is 0 Å². The Balaban J connectivity index is 1.71. The van der Waals surface area contributed by atoms with Crippen molar-refractivity contribution in [2.24, 2.45) is 5.92 Å². The van der Waals surface area contributed by atoms with Gasteiger partial charge in [-0.05, 0) is 42.7 Å². The molecule has 4 rings (SSSR count). The normalized spacial score (nSPS) is 15.3. The number of carbonyl (C=O) groups excluding carboxylic acids is 1. The average Bonchev–Trinajstić information content (AvgIpc) is 3.30. The summed E-state index contributed by atoms with van der Waals surface area (Å²) in [7, 11) is 1.32. The van der Waals surface area contributed by atoms with Crippen LogP contribution in [0.15, 0.2) is 58.5 Å². The van der Waals surface area contributed by atoms with Crippen LogP contribution in [-0.2, 0) is 4.74 Å². The van der Waals surface area contributed by atoms with Crippen LogP contribution in [0.3, 0.4) is 0 Å². The molecule has 1 fully saturated rings. The summed E-state index contributed by atoms with van der Waals surface area (Å²) >= 11 is 1.37. The molecule has 31 heavy (non-hydrogen) atoms. The van der Waals surface area contributed by atoms with Crippen LogP contribution in [0.2, 0.25) is 0 Å². The second-order valence-electron chi connectivity index (χ2n) is 7.95. The van der Waals surface area contributed by atoms with E-state index in [0.29, 0.717) is 39.0 Å². The van der Waals surface area contributed by atoms with Crippen LogP contribution < -0.4 is 5.56 Å².